The number of benzene rings is 2. The van der Waals surface area contributed by atoms with Crippen molar-refractivity contribution in [2.24, 2.45) is 0 Å². The molecule has 0 aromatic heterocycles. The molecule has 2 aromatic rings. The summed E-state index contributed by atoms with van der Waals surface area (Å²) in [5, 5.41) is 8.41. The molecule has 0 radical (unpaired) electrons. The van der Waals surface area contributed by atoms with Gasteiger partial charge < -0.3 is 15.4 Å². The van der Waals surface area contributed by atoms with Crippen molar-refractivity contribution in [2.75, 3.05) is 19.0 Å². The van der Waals surface area contributed by atoms with E-state index in [1.165, 1.54) is 0 Å². The lowest BCUT2D eigenvalue weighted by atomic mass is 10.1. The highest BCUT2D eigenvalue weighted by atomic mass is 32.1. The van der Waals surface area contributed by atoms with E-state index >= 15 is 0 Å². The Kier molecular flexibility index (Phi) is 8.42. The predicted octanol–water partition coefficient (Wildman–Crippen LogP) is 3.28. The first-order chi connectivity index (χ1) is 13.5. The van der Waals surface area contributed by atoms with Crippen LogP contribution in [0.25, 0.3) is 0 Å². The van der Waals surface area contributed by atoms with Crippen molar-refractivity contribution >= 4 is 34.8 Å². The molecule has 0 aliphatic rings. The van der Waals surface area contributed by atoms with Crippen LogP contribution >= 0.6 is 12.2 Å². The largest absolute Gasteiger partial charge is 0.493 e. The first-order valence-corrected chi connectivity index (χ1v) is 9.58. The van der Waals surface area contributed by atoms with Gasteiger partial charge in [0.05, 0.1) is 18.6 Å². The molecule has 2 aromatic carbocycles. The molecule has 0 aliphatic heterocycles. The van der Waals surface area contributed by atoms with E-state index in [1.807, 2.05) is 18.2 Å². The number of carbonyl (C=O) groups is 2. The fraction of sp³-hybridized carbons (Fsp3) is 0.286. The Morgan fingerprint density at radius 3 is 2.46 bits per heavy atom. The third kappa shape index (κ3) is 6.66. The molecule has 0 fully saturated rings. The summed E-state index contributed by atoms with van der Waals surface area (Å²) in [6.07, 6.45) is 2.25. The molecule has 0 bridgehead atoms. The minimum atomic E-state index is -0.333. The number of ether oxygens (including phenoxy) is 1. The molecule has 2 rings (SSSR count). The lowest BCUT2D eigenvalue weighted by Crippen LogP contribution is -2.34. The van der Waals surface area contributed by atoms with Crippen LogP contribution in [-0.2, 0) is 11.2 Å². The molecule has 28 heavy (non-hydrogen) atoms. The molecular weight excluding hydrogens is 374 g/mol. The number of hydrogen-bond acceptors (Lipinski definition) is 4. The van der Waals surface area contributed by atoms with Gasteiger partial charge in [0.15, 0.2) is 5.11 Å². The van der Waals surface area contributed by atoms with Crippen molar-refractivity contribution in [3.8, 4) is 5.75 Å². The molecule has 0 heterocycles. The molecular formula is C21H25N3O3S. The van der Waals surface area contributed by atoms with Crippen molar-refractivity contribution < 1.29 is 14.3 Å². The molecule has 148 valence electrons. The molecule has 0 aliphatic carbocycles. The zero-order valence-corrected chi connectivity index (χ0v) is 16.9. The smallest absolute Gasteiger partial charge is 0.261 e. The average Bonchev–Trinajstić information content (AvgIpc) is 2.69. The van der Waals surface area contributed by atoms with E-state index in [4.69, 9.17) is 17.0 Å². The monoisotopic (exact) mass is 399 g/mol. The van der Waals surface area contributed by atoms with Crippen LogP contribution in [0.4, 0.5) is 5.69 Å². The van der Waals surface area contributed by atoms with Crippen molar-refractivity contribution in [3.05, 3.63) is 59.7 Å². The lowest BCUT2D eigenvalue weighted by Gasteiger charge is -2.13. The van der Waals surface area contributed by atoms with Gasteiger partial charge in [-0.3, -0.25) is 14.9 Å². The molecule has 6 nitrogen and oxygen atoms in total. The van der Waals surface area contributed by atoms with E-state index in [0.717, 1.165) is 24.1 Å². The summed E-state index contributed by atoms with van der Waals surface area (Å²) in [4.78, 5) is 23.9. The molecule has 7 heteroatoms. The Morgan fingerprint density at radius 2 is 1.79 bits per heavy atom. The Bertz CT molecular complexity index is 822. The van der Waals surface area contributed by atoms with Crippen molar-refractivity contribution in [3.63, 3.8) is 0 Å². The van der Waals surface area contributed by atoms with Gasteiger partial charge in [-0.05, 0) is 48.5 Å². The second kappa shape index (κ2) is 11.0. The minimum Gasteiger partial charge on any atom is -0.493 e. The number of likely N-dealkylation sites (N-methyl/N-ethyl adjacent to an activating group) is 1. The van der Waals surface area contributed by atoms with Crippen LogP contribution in [0.2, 0.25) is 0 Å². The molecule has 2 amide bonds. The van der Waals surface area contributed by atoms with Crippen molar-refractivity contribution in [1.29, 1.82) is 0 Å². The Morgan fingerprint density at radius 1 is 1.07 bits per heavy atom. The van der Waals surface area contributed by atoms with Gasteiger partial charge in [0.25, 0.3) is 5.91 Å². The SMILES string of the molecule is CCCCOc1ccccc1C(=O)NC(=S)Nc1ccc(CC(=O)NC)cc1. The van der Waals surface area contributed by atoms with E-state index in [9.17, 15) is 9.59 Å². The zero-order chi connectivity index (χ0) is 20.4. The van der Waals surface area contributed by atoms with Gasteiger partial charge >= 0.3 is 0 Å². The van der Waals surface area contributed by atoms with Crippen LogP contribution in [0.3, 0.4) is 0 Å². The molecule has 0 saturated heterocycles. The van der Waals surface area contributed by atoms with E-state index in [0.29, 0.717) is 24.3 Å². The van der Waals surface area contributed by atoms with E-state index < -0.39 is 0 Å². The fourth-order valence-corrected chi connectivity index (χ4v) is 2.63. The van der Waals surface area contributed by atoms with Gasteiger partial charge in [-0.25, -0.2) is 0 Å². The third-order valence-electron chi connectivity index (χ3n) is 3.97. The zero-order valence-electron chi connectivity index (χ0n) is 16.1. The Balaban J connectivity index is 1.94. The number of rotatable bonds is 8. The number of thiocarbonyl (C=S) groups is 1. The van der Waals surface area contributed by atoms with Crippen molar-refractivity contribution in [2.45, 2.75) is 26.2 Å². The molecule has 0 saturated carbocycles. The number of unbranched alkanes of at least 4 members (excludes halogenated alkanes) is 1. The molecule has 3 N–H and O–H groups in total. The van der Waals surface area contributed by atoms with E-state index in [-0.39, 0.29) is 16.9 Å². The van der Waals surface area contributed by atoms with Gasteiger partial charge in [0.1, 0.15) is 5.75 Å². The quantitative estimate of drug-likeness (QED) is 0.469. The summed E-state index contributed by atoms with van der Waals surface area (Å²) < 4.78 is 5.70. The van der Waals surface area contributed by atoms with Crippen LogP contribution < -0.4 is 20.7 Å². The highest BCUT2D eigenvalue weighted by Crippen LogP contribution is 2.18. The third-order valence-corrected chi connectivity index (χ3v) is 4.17. The maximum absolute atomic E-state index is 12.5. The van der Waals surface area contributed by atoms with Gasteiger partial charge in [-0.2, -0.15) is 0 Å². The van der Waals surface area contributed by atoms with Crippen LogP contribution in [0.5, 0.6) is 5.75 Å². The van der Waals surface area contributed by atoms with Crippen molar-refractivity contribution in [1.82, 2.24) is 10.6 Å². The average molecular weight is 400 g/mol. The molecule has 0 spiro atoms. The van der Waals surface area contributed by atoms with E-state index in [2.05, 4.69) is 22.9 Å². The predicted molar refractivity (Wildman–Crippen MR) is 115 cm³/mol. The summed E-state index contributed by atoms with van der Waals surface area (Å²) in [6.45, 7) is 2.64. The van der Waals surface area contributed by atoms with Crippen LogP contribution in [0.15, 0.2) is 48.5 Å². The summed E-state index contributed by atoms with van der Waals surface area (Å²) in [7, 11) is 1.60. The minimum absolute atomic E-state index is 0.0525. The second-order valence-corrected chi connectivity index (χ2v) is 6.56. The van der Waals surface area contributed by atoms with Gasteiger partial charge in [0.2, 0.25) is 5.91 Å². The summed E-state index contributed by atoms with van der Waals surface area (Å²) in [5.74, 6) is 0.152. The first kappa shape index (κ1) is 21.4. The number of nitrogens with one attached hydrogen (secondary N) is 3. The van der Waals surface area contributed by atoms with E-state index in [1.54, 1.807) is 37.4 Å². The number of hydrogen-bond donors (Lipinski definition) is 3. The first-order valence-electron chi connectivity index (χ1n) is 9.17. The summed E-state index contributed by atoms with van der Waals surface area (Å²) in [6, 6.07) is 14.4. The van der Waals surface area contributed by atoms with Crippen LogP contribution in [0, 0.1) is 0 Å². The van der Waals surface area contributed by atoms with Gasteiger partial charge in [-0.1, -0.05) is 37.6 Å². The lowest BCUT2D eigenvalue weighted by molar-refractivity contribution is -0.119. The summed E-state index contributed by atoms with van der Waals surface area (Å²) in [5.41, 5.74) is 2.04. The Hall–Kier alpha value is -2.93. The topological polar surface area (TPSA) is 79.5 Å². The number of amides is 2. The number of para-hydroxylation sites is 1. The fourth-order valence-electron chi connectivity index (χ4n) is 2.42. The number of carbonyl (C=O) groups excluding carboxylic acids is 2. The van der Waals surface area contributed by atoms with Gasteiger partial charge in [-0.15, -0.1) is 0 Å². The maximum atomic E-state index is 12.5. The second-order valence-electron chi connectivity index (χ2n) is 6.15. The summed E-state index contributed by atoms with van der Waals surface area (Å²) >= 11 is 5.24. The van der Waals surface area contributed by atoms with Gasteiger partial charge in [0, 0.05) is 12.7 Å². The molecule has 0 atom stereocenters. The van der Waals surface area contributed by atoms with Crippen LogP contribution in [0.1, 0.15) is 35.7 Å². The highest BCUT2D eigenvalue weighted by molar-refractivity contribution is 7.80. The maximum Gasteiger partial charge on any atom is 0.261 e. The standard InChI is InChI=1S/C21H25N3O3S/c1-3-4-13-27-18-8-6-5-7-17(18)20(26)24-21(28)23-16-11-9-15(10-12-16)14-19(25)22-2/h5-12H,3-4,13-14H2,1-2H3,(H,22,25)(H2,23,24,26,28). The normalized spacial score (nSPS) is 10.1. The van der Waals surface area contributed by atoms with Crippen LogP contribution in [-0.4, -0.2) is 30.6 Å². The molecule has 0 unspecified atom stereocenters. The number of anilines is 1. The highest BCUT2D eigenvalue weighted by Gasteiger charge is 2.13. The Labute approximate surface area is 170 Å².